The molecule has 22 heavy (non-hydrogen) atoms. The average molecular weight is 311 g/mol. The normalized spacial score (nSPS) is 18.0. The smallest absolute Gasteiger partial charge is 0.369 e. The van der Waals surface area contributed by atoms with E-state index in [4.69, 9.17) is 14.2 Å². The molecule has 0 unspecified atom stereocenters. The van der Waals surface area contributed by atoms with Gasteiger partial charge in [0.05, 0.1) is 7.11 Å². The Morgan fingerprint density at radius 2 is 2.05 bits per heavy atom. The summed E-state index contributed by atoms with van der Waals surface area (Å²) in [4.78, 5) is 16.1. The molecule has 0 saturated heterocycles. The highest BCUT2D eigenvalue weighted by atomic mass is 16.8. The number of nitrogens with one attached hydrogen (secondary N) is 1. The first-order valence-corrected chi connectivity index (χ1v) is 6.82. The van der Waals surface area contributed by atoms with Crippen LogP contribution in [-0.4, -0.2) is 38.1 Å². The molecule has 0 spiro atoms. The molecule has 1 aliphatic rings. The second kappa shape index (κ2) is 8.11. The molecule has 0 atom stereocenters. The highest BCUT2D eigenvalue weighted by Crippen LogP contribution is 2.33. The molecule has 0 aromatic carbocycles. The third-order valence-electron chi connectivity index (χ3n) is 2.99. The fourth-order valence-electron chi connectivity index (χ4n) is 1.69. The molecular weight excluding hydrogens is 290 g/mol. The van der Waals surface area contributed by atoms with E-state index in [1.165, 1.54) is 7.11 Å². The molecule has 0 aliphatic carbocycles. The molecule has 0 amide bonds. The van der Waals surface area contributed by atoms with Gasteiger partial charge in [0.1, 0.15) is 5.84 Å². The molecule has 0 bridgehead atoms. The number of carbonyl (C=O) groups excluding carboxylic acids is 1. The Bertz CT molecular complexity index is 509. The van der Waals surface area contributed by atoms with Crippen LogP contribution in [0, 0.1) is 0 Å². The van der Waals surface area contributed by atoms with Crippen LogP contribution >= 0.6 is 0 Å². The zero-order valence-electron chi connectivity index (χ0n) is 13.3. The molecule has 9 heteroatoms. The second-order valence-corrected chi connectivity index (χ2v) is 4.35. The number of azo groups is 1. The summed E-state index contributed by atoms with van der Waals surface area (Å²) >= 11 is 0. The van der Waals surface area contributed by atoms with Crippen LogP contribution in [0.5, 0.6) is 0 Å². The first kappa shape index (κ1) is 17.6. The summed E-state index contributed by atoms with van der Waals surface area (Å²) in [6.07, 6.45) is 0.993. The molecule has 1 heterocycles. The van der Waals surface area contributed by atoms with Crippen molar-refractivity contribution in [3.63, 3.8) is 0 Å². The number of aliphatic imine (C=N–C) groups is 1. The van der Waals surface area contributed by atoms with Crippen LogP contribution < -0.4 is 5.43 Å². The zero-order chi connectivity index (χ0) is 16.6. The number of amidine groups is 1. The van der Waals surface area contributed by atoms with E-state index in [2.05, 4.69) is 32.5 Å². The van der Waals surface area contributed by atoms with E-state index in [-0.39, 0.29) is 18.3 Å². The molecule has 1 rings (SSSR count). The number of nitrogens with zero attached hydrogens (tertiary/aromatic N) is 4. The van der Waals surface area contributed by atoms with E-state index < -0.39 is 11.8 Å². The Labute approximate surface area is 129 Å². The van der Waals surface area contributed by atoms with Crippen LogP contribution in [0.25, 0.3) is 0 Å². The summed E-state index contributed by atoms with van der Waals surface area (Å²) in [7, 11) is 1.39. The van der Waals surface area contributed by atoms with Gasteiger partial charge in [-0.3, -0.25) is 5.43 Å². The number of carbonyl (C=O) groups is 1. The van der Waals surface area contributed by atoms with Gasteiger partial charge in [-0.05, 0) is 6.92 Å². The predicted octanol–water partition coefficient (Wildman–Crippen LogP) is 1.92. The lowest BCUT2D eigenvalue weighted by Gasteiger charge is -2.35. The minimum Gasteiger partial charge on any atom is -0.467 e. The summed E-state index contributed by atoms with van der Waals surface area (Å²) in [5.74, 6) is -1.14. The van der Waals surface area contributed by atoms with Gasteiger partial charge < -0.3 is 14.2 Å². The molecular formula is C13H21N5O4. The first-order valence-electron chi connectivity index (χ1n) is 6.82. The Morgan fingerprint density at radius 1 is 1.36 bits per heavy atom. The lowest BCUT2D eigenvalue weighted by Crippen LogP contribution is -2.41. The van der Waals surface area contributed by atoms with Crippen LogP contribution in [-0.2, 0) is 19.0 Å². The van der Waals surface area contributed by atoms with Crippen molar-refractivity contribution in [3.8, 4) is 0 Å². The summed E-state index contributed by atoms with van der Waals surface area (Å²) in [5.41, 5.74) is 2.43. The maximum Gasteiger partial charge on any atom is 0.369 e. The lowest BCUT2D eigenvalue weighted by molar-refractivity contribution is -0.243. The van der Waals surface area contributed by atoms with Crippen LogP contribution in [0.15, 0.2) is 32.0 Å². The van der Waals surface area contributed by atoms with Gasteiger partial charge in [-0.1, -0.05) is 13.8 Å². The SMILES string of the molecule is C=NN/C(C)=N\CN=NC1=C(OC)OC(CC)(CC)OC1=O. The van der Waals surface area contributed by atoms with Gasteiger partial charge >= 0.3 is 11.9 Å². The van der Waals surface area contributed by atoms with Gasteiger partial charge in [0.15, 0.2) is 6.67 Å². The highest BCUT2D eigenvalue weighted by molar-refractivity contribution is 5.89. The van der Waals surface area contributed by atoms with Crippen molar-refractivity contribution in [2.24, 2.45) is 20.3 Å². The second-order valence-electron chi connectivity index (χ2n) is 4.35. The zero-order valence-corrected chi connectivity index (χ0v) is 13.3. The van der Waals surface area contributed by atoms with E-state index in [1.54, 1.807) is 6.92 Å². The van der Waals surface area contributed by atoms with Crippen molar-refractivity contribution in [2.75, 3.05) is 13.8 Å². The van der Waals surface area contributed by atoms with Crippen molar-refractivity contribution in [3.05, 3.63) is 11.6 Å². The van der Waals surface area contributed by atoms with E-state index in [0.717, 1.165) is 0 Å². The van der Waals surface area contributed by atoms with Gasteiger partial charge in [-0.15, -0.1) is 5.11 Å². The van der Waals surface area contributed by atoms with Crippen LogP contribution in [0.4, 0.5) is 0 Å². The Balaban J connectivity index is 2.87. The number of methoxy groups -OCH3 is 1. The fourth-order valence-corrected chi connectivity index (χ4v) is 1.69. The van der Waals surface area contributed by atoms with Crippen molar-refractivity contribution in [1.82, 2.24) is 5.43 Å². The highest BCUT2D eigenvalue weighted by Gasteiger charge is 2.42. The lowest BCUT2D eigenvalue weighted by atomic mass is 10.1. The number of hydrogen-bond acceptors (Lipinski definition) is 8. The maximum absolute atomic E-state index is 12.1. The topological polar surface area (TPSA) is 106 Å². The predicted molar refractivity (Wildman–Crippen MR) is 80.0 cm³/mol. The molecule has 1 aliphatic heterocycles. The summed E-state index contributed by atoms with van der Waals surface area (Å²) in [6.45, 7) is 8.68. The minimum atomic E-state index is -1.02. The van der Waals surface area contributed by atoms with Gasteiger partial charge in [0.2, 0.25) is 0 Å². The minimum absolute atomic E-state index is 0.00437. The molecule has 1 N–H and O–H groups in total. The van der Waals surface area contributed by atoms with E-state index >= 15 is 0 Å². The monoisotopic (exact) mass is 311 g/mol. The number of ether oxygens (including phenoxy) is 3. The fraction of sp³-hybridized carbons (Fsp3) is 0.615. The standard InChI is InChI=1S/C13H21N5O4/c1-6-13(7-2)21-11(19)10(12(20-5)22-13)18-16-8-15-9(3)17-14-4/h4,6-8H2,1-3,5H3,(H,15,17). The van der Waals surface area contributed by atoms with Gasteiger partial charge in [0, 0.05) is 19.6 Å². The van der Waals surface area contributed by atoms with Gasteiger partial charge in [-0.25, -0.2) is 9.79 Å². The average Bonchev–Trinajstić information content (AvgIpc) is 2.52. The van der Waals surface area contributed by atoms with Crippen LogP contribution in [0.2, 0.25) is 0 Å². The van der Waals surface area contributed by atoms with Crippen molar-refractivity contribution < 1.29 is 19.0 Å². The first-order chi connectivity index (χ1) is 10.5. The molecule has 0 aromatic heterocycles. The number of hydrazone groups is 1. The molecule has 0 aromatic rings. The number of hydrogen-bond donors (Lipinski definition) is 1. The summed E-state index contributed by atoms with van der Waals surface area (Å²) in [5, 5.41) is 11.0. The molecule has 0 radical (unpaired) electrons. The van der Waals surface area contributed by atoms with E-state index in [0.29, 0.717) is 18.7 Å². The van der Waals surface area contributed by atoms with Crippen molar-refractivity contribution >= 4 is 18.5 Å². The molecule has 0 saturated carbocycles. The largest absolute Gasteiger partial charge is 0.467 e. The van der Waals surface area contributed by atoms with Gasteiger partial charge in [-0.2, -0.15) is 10.2 Å². The molecule has 122 valence electrons. The number of rotatable bonds is 7. The van der Waals surface area contributed by atoms with Crippen LogP contribution in [0.1, 0.15) is 33.6 Å². The van der Waals surface area contributed by atoms with E-state index in [9.17, 15) is 4.79 Å². The van der Waals surface area contributed by atoms with Crippen molar-refractivity contribution in [1.29, 1.82) is 0 Å². The quantitative estimate of drug-likeness (QED) is 0.254. The summed E-state index contributed by atoms with van der Waals surface area (Å²) in [6, 6.07) is 0. The number of esters is 1. The Hall–Kier alpha value is -2.45. The van der Waals surface area contributed by atoms with Crippen LogP contribution in [0.3, 0.4) is 0 Å². The van der Waals surface area contributed by atoms with E-state index in [1.807, 2.05) is 13.8 Å². The third-order valence-corrected chi connectivity index (χ3v) is 2.99. The van der Waals surface area contributed by atoms with Gasteiger partial charge in [0.25, 0.3) is 11.5 Å². The third kappa shape index (κ3) is 4.27. The van der Waals surface area contributed by atoms with Crippen molar-refractivity contribution in [2.45, 2.75) is 39.4 Å². The Morgan fingerprint density at radius 3 is 2.59 bits per heavy atom. The molecule has 9 nitrogen and oxygen atoms in total. The summed E-state index contributed by atoms with van der Waals surface area (Å²) < 4.78 is 16.0. The maximum atomic E-state index is 12.1. The number of cyclic esters (lactones) is 1. The Kier molecular flexibility index (Phi) is 6.48. The molecule has 0 fully saturated rings.